The van der Waals surface area contributed by atoms with Gasteiger partial charge in [0.2, 0.25) is 5.91 Å². The van der Waals surface area contributed by atoms with Crippen molar-refractivity contribution in [2.45, 2.75) is 19.6 Å². The fourth-order valence-electron chi connectivity index (χ4n) is 3.20. The van der Waals surface area contributed by atoms with Gasteiger partial charge in [-0.05, 0) is 42.8 Å². The number of carboxylic acid groups (broad SMARTS) is 1. The number of aromatic nitrogens is 3. The van der Waals surface area contributed by atoms with Gasteiger partial charge in [-0.15, -0.1) is 0 Å². The van der Waals surface area contributed by atoms with E-state index >= 15 is 0 Å². The quantitative estimate of drug-likeness (QED) is 0.385. The lowest BCUT2D eigenvalue weighted by Crippen LogP contribution is -2.19. The second kappa shape index (κ2) is 9.37. The summed E-state index contributed by atoms with van der Waals surface area (Å²) in [4.78, 5) is 34.9. The second-order valence-electron chi connectivity index (χ2n) is 7.54. The number of aromatic carboxylic acids is 1. The molecule has 1 amide bonds. The molecule has 0 spiro atoms. The zero-order valence-corrected chi connectivity index (χ0v) is 18.1. The molecule has 0 saturated heterocycles. The Hall–Kier alpha value is -4.54. The van der Waals surface area contributed by atoms with Crippen molar-refractivity contribution < 1.29 is 32.3 Å². The van der Waals surface area contributed by atoms with Crippen molar-refractivity contribution in [1.82, 2.24) is 20.3 Å². The smallest absolute Gasteiger partial charge is 0.420 e. The first-order valence-corrected chi connectivity index (χ1v) is 10.2. The minimum Gasteiger partial charge on any atom is -0.478 e. The van der Waals surface area contributed by atoms with Crippen molar-refractivity contribution >= 4 is 28.9 Å². The van der Waals surface area contributed by atoms with Crippen LogP contribution in [0.2, 0.25) is 0 Å². The Bertz CT molecular complexity index is 1430. The van der Waals surface area contributed by atoms with Gasteiger partial charge in [0.15, 0.2) is 5.82 Å². The van der Waals surface area contributed by atoms with Crippen molar-refractivity contribution in [1.29, 1.82) is 0 Å². The van der Waals surface area contributed by atoms with Gasteiger partial charge >= 0.3 is 12.1 Å². The molecule has 35 heavy (non-hydrogen) atoms. The van der Waals surface area contributed by atoms with E-state index in [1.54, 1.807) is 24.4 Å². The van der Waals surface area contributed by atoms with Crippen LogP contribution < -0.4 is 5.32 Å². The number of halogens is 3. The molecule has 3 aromatic heterocycles. The van der Waals surface area contributed by atoms with Gasteiger partial charge in [0, 0.05) is 41.3 Å². The molecule has 1 aromatic carbocycles. The van der Waals surface area contributed by atoms with Gasteiger partial charge in [0.25, 0.3) is 0 Å². The number of carboxylic acids is 1. The van der Waals surface area contributed by atoms with Gasteiger partial charge in [-0.2, -0.15) is 13.2 Å². The third kappa shape index (κ3) is 5.52. The van der Waals surface area contributed by atoms with Crippen LogP contribution in [0.25, 0.3) is 28.4 Å². The summed E-state index contributed by atoms with van der Waals surface area (Å²) in [7, 11) is 0. The highest BCUT2D eigenvalue weighted by atomic mass is 19.4. The van der Waals surface area contributed by atoms with Crippen molar-refractivity contribution in [3.05, 3.63) is 83.1 Å². The molecule has 8 nitrogen and oxygen atoms in total. The summed E-state index contributed by atoms with van der Waals surface area (Å²) in [6.45, 7) is 1.70. The van der Waals surface area contributed by atoms with E-state index < -0.39 is 29.2 Å². The molecule has 0 aliphatic heterocycles. The monoisotopic (exact) mass is 482 g/mol. The number of carbonyl (C=O) groups is 2. The van der Waals surface area contributed by atoms with Crippen molar-refractivity contribution in [3.8, 4) is 11.4 Å². The Kier molecular flexibility index (Phi) is 6.32. The fraction of sp³-hybridized carbons (Fsp3) is 0.125. The minimum absolute atomic E-state index is 0.0350. The zero-order valence-electron chi connectivity index (χ0n) is 18.1. The highest BCUT2D eigenvalue weighted by molar-refractivity contribution is 5.92. The van der Waals surface area contributed by atoms with Crippen LogP contribution in [-0.2, 0) is 17.5 Å². The van der Waals surface area contributed by atoms with Gasteiger partial charge in [-0.25, -0.2) is 14.8 Å². The van der Waals surface area contributed by atoms with Crippen LogP contribution in [0.1, 0.15) is 32.9 Å². The molecule has 4 rings (SSSR count). The summed E-state index contributed by atoms with van der Waals surface area (Å²) in [6.07, 6.45) is 1.74. The summed E-state index contributed by atoms with van der Waals surface area (Å²) >= 11 is 0. The number of fused-ring (bicyclic) bond motifs is 1. The fourth-order valence-corrected chi connectivity index (χ4v) is 3.20. The number of furan rings is 1. The summed E-state index contributed by atoms with van der Waals surface area (Å²) < 4.78 is 46.6. The van der Waals surface area contributed by atoms with Gasteiger partial charge in [-0.3, -0.25) is 9.78 Å². The maximum absolute atomic E-state index is 13.7. The number of hydrogen-bond acceptors (Lipinski definition) is 6. The lowest BCUT2D eigenvalue weighted by Gasteiger charge is -2.09. The number of pyridine rings is 1. The second-order valence-corrected chi connectivity index (χ2v) is 7.54. The highest BCUT2D eigenvalue weighted by Crippen LogP contribution is 2.38. The first-order valence-electron chi connectivity index (χ1n) is 10.2. The number of nitrogens with zero attached hydrogens (tertiary/aromatic N) is 3. The number of hydrogen-bond donors (Lipinski definition) is 2. The van der Waals surface area contributed by atoms with Crippen molar-refractivity contribution in [3.63, 3.8) is 0 Å². The van der Waals surface area contributed by atoms with Crippen LogP contribution in [0.3, 0.4) is 0 Å². The number of benzene rings is 1. The van der Waals surface area contributed by atoms with Gasteiger partial charge in [0.1, 0.15) is 11.3 Å². The van der Waals surface area contributed by atoms with E-state index in [1.807, 2.05) is 6.92 Å². The molecule has 0 atom stereocenters. The van der Waals surface area contributed by atoms with Crippen molar-refractivity contribution in [2.24, 2.45) is 0 Å². The number of amides is 1. The SMILES string of the molecule is Cc1ccc(/C=C/C(=O)NCc2cc3cc(-c4ncc(C(=O)O)cn4)cc(C(F)(F)F)c3o2)cn1. The summed E-state index contributed by atoms with van der Waals surface area (Å²) in [5.74, 6) is -1.68. The summed E-state index contributed by atoms with van der Waals surface area (Å²) in [5, 5.41) is 11.6. The van der Waals surface area contributed by atoms with Crippen LogP contribution in [0, 0.1) is 6.92 Å². The lowest BCUT2D eigenvalue weighted by molar-refractivity contribution is -0.136. The minimum atomic E-state index is -4.74. The Morgan fingerprint density at radius 1 is 1.09 bits per heavy atom. The van der Waals surface area contributed by atoms with E-state index in [0.717, 1.165) is 29.7 Å². The zero-order chi connectivity index (χ0) is 25.2. The number of rotatable bonds is 6. The molecular formula is C24H17F3N4O4. The highest BCUT2D eigenvalue weighted by Gasteiger charge is 2.35. The summed E-state index contributed by atoms with van der Waals surface area (Å²) in [5.41, 5.74) is -0.0426. The molecule has 0 radical (unpaired) electrons. The molecule has 4 aromatic rings. The molecule has 0 unspecified atom stereocenters. The molecule has 11 heteroatoms. The van der Waals surface area contributed by atoms with Gasteiger partial charge in [-0.1, -0.05) is 6.07 Å². The largest absolute Gasteiger partial charge is 0.478 e. The summed E-state index contributed by atoms with van der Waals surface area (Å²) in [6, 6.07) is 7.21. The van der Waals surface area contributed by atoms with Gasteiger partial charge in [0.05, 0.1) is 17.7 Å². The lowest BCUT2D eigenvalue weighted by atomic mass is 10.1. The predicted octanol–water partition coefficient (Wildman–Crippen LogP) is 4.64. The normalized spacial score (nSPS) is 11.8. The molecule has 0 aliphatic rings. The van der Waals surface area contributed by atoms with Crippen LogP contribution in [0.15, 0.2) is 59.4 Å². The van der Waals surface area contributed by atoms with Crippen molar-refractivity contribution in [2.75, 3.05) is 0 Å². The first-order chi connectivity index (χ1) is 16.6. The number of nitrogens with one attached hydrogen (secondary N) is 1. The molecular weight excluding hydrogens is 465 g/mol. The molecule has 0 saturated carbocycles. The Balaban J connectivity index is 1.57. The molecule has 2 N–H and O–H groups in total. The van der Waals surface area contributed by atoms with E-state index in [-0.39, 0.29) is 34.6 Å². The van der Waals surface area contributed by atoms with E-state index in [0.29, 0.717) is 0 Å². The van der Waals surface area contributed by atoms with E-state index in [9.17, 15) is 22.8 Å². The Morgan fingerprint density at radius 3 is 2.46 bits per heavy atom. The topological polar surface area (TPSA) is 118 Å². The maximum atomic E-state index is 13.7. The molecule has 0 bridgehead atoms. The molecule has 0 fully saturated rings. The molecule has 0 aliphatic carbocycles. The van der Waals surface area contributed by atoms with Crippen LogP contribution >= 0.6 is 0 Å². The first kappa shape index (κ1) is 23.6. The third-order valence-corrected chi connectivity index (χ3v) is 4.93. The number of carbonyl (C=O) groups excluding carboxylic acids is 1. The van der Waals surface area contributed by atoms with E-state index in [2.05, 4.69) is 20.3 Å². The number of alkyl halides is 3. The van der Waals surface area contributed by atoms with Crippen LogP contribution in [0.5, 0.6) is 0 Å². The Morgan fingerprint density at radius 2 is 1.83 bits per heavy atom. The number of aryl methyl sites for hydroxylation is 1. The standard InChI is InChI=1S/C24H17F3N4O4/c1-13-2-3-14(9-28-13)4-5-20(32)29-12-18-7-15-6-16(8-19(21(15)35-18)24(25,26)27)22-30-10-17(11-31-22)23(33)34/h2-11H,12H2,1H3,(H,29,32)(H,33,34)/b5-4+. The third-order valence-electron chi connectivity index (χ3n) is 4.93. The van der Waals surface area contributed by atoms with Gasteiger partial charge < -0.3 is 14.8 Å². The predicted molar refractivity (Wildman–Crippen MR) is 119 cm³/mol. The average Bonchev–Trinajstić information content (AvgIpc) is 3.24. The van der Waals surface area contributed by atoms with Crippen LogP contribution in [0.4, 0.5) is 13.2 Å². The molecule has 178 valence electrons. The van der Waals surface area contributed by atoms with E-state index in [1.165, 1.54) is 18.2 Å². The van der Waals surface area contributed by atoms with Crippen LogP contribution in [-0.4, -0.2) is 31.9 Å². The van der Waals surface area contributed by atoms with E-state index in [4.69, 9.17) is 9.52 Å². The Labute approximate surface area is 196 Å². The average molecular weight is 482 g/mol. The molecule has 3 heterocycles. The maximum Gasteiger partial charge on any atom is 0.420 e.